The molecule has 0 bridgehead atoms. The van der Waals surface area contributed by atoms with Gasteiger partial charge in [0.2, 0.25) is 11.8 Å². The Balaban J connectivity index is 2.31. The lowest BCUT2D eigenvalue weighted by Crippen LogP contribution is -2.52. The summed E-state index contributed by atoms with van der Waals surface area (Å²) in [6.45, 7) is 7.29. The van der Waals surface area contributed by atoms with Crippen molar-refractivity contribution in [3.63, 3.8) is 0 Å². The first-order chi connectivity index (χ1) is 11.5. The van der Waals surface area contributed by atoms with Gasteiger partial charge in [0.25, 0.3) is 10.0 Å². The van der Waals surface area contributed by atoms with Gasteiger partial charge < -0.3 is 10.6 Å². The van der Waals surface area contributed by atoms with E-state index < -0.39 is 33.4 Å². The summed E-state index contributed by atoms with van der Waals surface area (Å²) in [5, 5.41) is 5.20. The molecule has 1 aromatic rings. The number of aryl methyl sites for hydroxylation is 1. The highest BCUT2D eigenvalue weighted by atomic mass is 32.2. The molecule has 0 unspecified atom stereocenters. The fourth-order valence-corrected chi connectivity index (χ4v) is 3.87. The third kappa shape index (κ3) is 4.60. The van der Waals surface area contributed by atoms with Crippen LogP contribution >= 0.6 is 0 Å². The van der Waals surface area contributed by atoms with Crippen molar-refractivity contribution in [3.05, 3.63) is 42.2 Å². The first-order valence-electron chi connectivity index (χ1n) is 7.89. The van der Waals surface area contributed by atoms with Gasteiger partial charge in [-0.2, -0.15) is 0 Å². The molecule has 2 N–H and O–H groups in total. The third-order valence-corrected chi connectivity index (χ3v) is 5.35. The molecule has 0 aliphatic carbocycles. The van der Waals surface area contributed by atoms with E-state index in [0.29, 0.717) is 0 Å². The smallest absolute Gasteiger partial charge is 0.264 e. The Morgan fingerprint density at radius 1 is 1.24 bits per heavy atom. The van der Waals surface area contributed by atoms with E-state index in [0.717, 1.165) is 9.87 Å². The molecule has 1 aromatic carbocycles. The number of carbonyl (C=O) groups excluding carboxylic acids is 2. The summed E-state index contributed by atoms with van der Waals surface area (Å²) in [4.78, 5) is 24.4. The van der Waals surface area contributed by atoms with Crippen LogP contribution in [0.4, 0.5) is 0 Å². The zero-order chi connectivity index (χ0) is 18.8. The predicted molar refractivity (Wildman–Crippen MR) is 93.8 cm³/mol. The van der Waals surface area contributed by atoms with Crippen molar-refractivity contribution >= 4 is 21.8 Å². The minimum absolute atomic E-state index is 0.0682. The first kappa shape index (κ1) is 19.0. The summed E-state index contributed by atoms with van der Waals surface area (Å²) in [5.41, 5.74) is 0.450. The summed E-state index contributed by atoms with van der Waals surface area (Å²) in [6, 6.07) is 5.19. The topological polar surface area (TPSA) is 95.6 Å². The maximum atomic E-state index is 12.9. The van der Waals surface area contributed by atoms with Gasteiger partial charge in [-0.1, -0.05) is 17.7 Å². The van der Waals surface area contributed by atoms with E-state index in [1.807, 2.05) is 27.7 Å². The van der Waals surface area contributed by atoms with Gasteiger partial charge in [0.1, 0.15) is 6.04 Å². The first-order valence-corrected chi connectivity index (χ1v) is 9.33. The van der Waals surface area contributed by atoms with E-state index >= 15 is 0 Å². The predicted octanol–water partition coefficient (Wildman–Crippen LogP) is 1.26. The maximum Gasteiger partial charge on any atom is 0.264 e. The van der Waals surface area contributed by atoms with Gasteiger partial charge in [-0.25, -0.2) is 8.42 Å². The minimum atomic E-state index is -3.94. The molecule has 0 aromatic heterocycles. The summed E-state index contributed by atoms with van der Waals surface area (Å²) in [5.74, 6) is -0.936. The largest absolute Gasteiger partial charge is 0.351 e. The zero-order valence-corrected chi connectivity index (χ0v) is 15.6. The Kier molecular flexibility index (Phi) is 5.22. The Labute approximate surface area is 148 Å². The van der Waals surface area contributed by atoms with E-state index in [1.165, 1.54) is 24.5 Å². The molecule has 0 fully saturated rings. The van der Waals surface area contributed by atoms with Gasteiger partial charge in [-0.05, 0) is 39.8 Å². The number of hydrogen-bond donors (Lipinski definition) is 2. The molecule has 1 atom stereocenters. The van der Waals surface area contributed by atoms with Crippen LogP contribution in [0.25, 0.3) is 0 Å². The Bertz CT molecular complexity index is 792. The highest BCUT2D eigenvalue weighted by molar-refractivity contribution is 7.89. The van der Waals surface area contributed by atoms with Gasteiger partial charge in [0.05, 0.1) is 11.3 Å². The van der Waals surface area contributed by atoms with E-state index in [4.69, 9.17) is 0 Å². The number of nitrogens with zero attached hydrogens (tertiary/aromatic N) is 1. The molecular weight excluding hydrogens is 342 g/mol. The molecular formula is C17H23N3O4S. The average Bonchev–Trinajstić information content (AvgIpc) is 2.47. The SMILES string of the molecule is Cc1ccc(S(=O)(=O)N2C=CNC(=O)[C@H]2CC(=O)NC(C)(C)C)cc1. The number of carbonyl (C=O) groups is 2. The molecule has 0 saturated carbocycles. The molecule has 0 spiro atoms. The second kappa shape index (κ2) is 6.87. The van der Waals surface area contributed by atoms with Gasteiger partial charge >= 0.3 is 0 Å². The lowest BCUT2D eigenvalue weighted by Gasteiger charge is -2.32. The molecule has 2 amide bonds. The van der Waals surface area contributed by atoms with Crippen LogP contribution in [0.1, 0.15) is 32.8 Å². The van der Waals surface area contributed by atoms with Crippen molar-refractivity contribution in [2.75, 3.05) is 0 Å². The van der Waals surface area contributed by atoms with Crippen molar-refractivity contribution in [2.24, 2.45) is 0 Å². The molecule has 136 valence electrons. The number of rotatable bonds is 4. The average molecular weight is 365 g/mol. The highest BCUT2D eigenvalue weighted by Crippen LogP contribution is 2.23. The van der Waals surface area contributed by atoms with Crippen LogP contribution in [0.3, 0.4) is 0 Å². The molecule has 0 saturated heterocycles. The number of sulfonamides is 1. The molecule has 1 aliphatic rings. The van der Waals surface area contributed by atoms with Crippen LogP contribution in [-0.4, -0.2) is 36.1 Å². The zero-order valence-electron chi connectivity index (χ0n) is 14.7. The van der Waals surface area contributed by atoms with Gasteiger partial charge in [0.15, 0.2) is 0 Å². The second-order valence-corrected chi connectivity index (χ2v) is 8.83. The Hall–Kier alpha value is -2.35. The fourth-order valence-electron chi connectivity index (χ4n) is 2.42. The number of amides is 2. The quantitative estimate of drug-likeness (QED) is 0.840. The van der Waals surface area contributed by atoms with Crippen LogP contribution in [0.5, 0.6) is 0 Å². The third-order valence-electron chi connectivity index (χ3n) is 3.55. The van der Waals surface area contributed by atoms with E-state index in [-0.39, 0.29) is 11.3 Å². The van der Waals surface area contributed by atoms with Crippen molar-refractivity contribution in [3.8, 4) is 0 Å². The van der Waals surface area contributed by atoms with Gasteiger partial charge in [-0.3, -0.25) is 13.9 Å². The van der Waals surface area contributed by atoms with E-state index in [1.54, 1.807) is 12.1 Å². The summed E-state index contributed by atoms with van der Waals surface area (Å²) in [7, 11) is -3.94. The van der Waals surface area contributed by atoms with Crippen molar-refractivity contribution in [1.82, 2.24) is 14.9 Å². The molecule has 2 rings (SSSR count). The lowest BCUT2D eigenvalue weighted by atomic mass is 10.1. The fraction of sp³-hybridized carbons (Fsp3) is 0.412. The van der Waals surface area contributed by atoms with Crippen LogP contribution in [-0.2, 0) is 19.6 Å². The van der Waals surface area contributed by atoms with Crippen molar-refractivity contribution in [2.45, 2.75) is 50.6 Å². The van der Waals surface area contributed by atoms with Crippen molar-refractivity contribution < 1.29 is 18.0 Å². The Morgan fingerprint density at radius 2 is 1.84 bits per heavy atom. The van der Waals surface area contributed by atoms with Crippen LogP contribution in [0.15, 0.2) is 41.6 Å². The summed E-state index contributed by atoms with van der Waals surface area (Å²) in [6.07, 6.45) is 2.26. The molecule has 1 aliphatic heterocycles. The minimum Gasteiger partial charge on any atom is -0.351 e. The van der Waals surface area contributed by atoms with Gasteiger partial charge in [0, 0.05) is 17.9 Å². The summed E-state index contributed by atoms with van der Waals surface area (Å²) >= 11 is 0. The highest BCUT2D eigenvalue weighted by Gasteiger charge is 2.37. The van der Waals surface area contributed by atoms with E-state index in [2.05, 4.69) is 10.6 Å². The van der Waals surface area contributed by atoms with Crippen LogP contribution in [0, 0.1) is 6.92 Å². The monoisotopic (exact) mass is 365 g/mol. The standard InChI is InChI=1S/C17H23N3O4S/c1-12-5-7-13(8-6-12)25(23,24)20-10-9-18-16(22)14(20)11-15(21)19-17(2,3)4/h5-10,14H,11H2,1-4H3,(H,18,22)(H,19,21)/t14-/m1/s1. The number of nitrogens with one attached hydrogen (secondary N) is 2. The molecule has 8 heteroatoms. The molecule has 0 radical (unpaired) electrons. The Morgan fingerprint density at radius 3 is 2.40 bits per heavy atom. The normalized spacial score (nSPS) is 18.0. The number of hydrogen-bond acceptors (Lipinski definition) is 4. The number of benzene rings is 1. The second-order valence-electron chi connectivity index (χ2n) is 6.99. The lowest BCUT2D eigenvalue weighted by molar-refractivity contribution is -0.130. The molecule has 1 heterocycles. The van der Waals surface area contributed by atoms with Crippen molar-refractivity contribution in [1.29, 1.82) is 0 Å². The summed E-state index contributed by atoms with van der Waals surface area (Å²) < 4.78 is 26.7. The molecule has 25 heavy (non-hydrogen) atoms. The maximum absolute atomic E-state index is 12.9. The van der Waals surface area contributed by atoms with Gasteiger partial charge in [-0.15, -0.1) is 0 Å². The molecule has 7 nitrogen and oxygen atoms in total. The van der Waals surface area contributed by atoms with E-state index in [9.17, 15) is 18.0 Å². The van der Waals surface area contributed by atoms with Crippen LogP contribution in [0.2, 0.25) is 0 Å². The van der Waals surface area contributed by atoms with Crippen LogP contribution < -0.4 is 10.6 Å².